The summed E-state index contributed by atoms with van der Waals surface area (Å²) in [5.74, 6) is -1.07. The molecule has 0 aliphatic carbocycles. The maximum Gasteiger partial charge on any atom is 0.342 e. The number of para-hydroxylation sites is 1. The highest BCUT2D eigenvalue weighted by Crippen LogP contribution is 2.20. The molecule has 28 heavy (non-hydrogen) atoms. The van der Waals surface area contributed by atoms with E-state index in [-0.39, 0.29) is 11.6 Å². The van der Waals surface area contributed by atoms with Crippen molar-refractivity contribution in [1.29, 1.82) is 0 Å². The fourth-order valence-corrected chi connectivity index (χ4v) is 2.23. The van der Waals surface area contributed by atoms with E-state index in [1.807, 2.05) is 44.2 Å². The number of ether oxygens (including phenoxy) is 2. The van der Waals surface area contributed by atoms with Crippen molar-refractivity contribution in [3.05, 3.63) is 65.7 Å². The molecule has 0 radical (unpaired) electrons. The lowest BCUT2D eigenvalue weighted by atomic mass is 10.2. The number of nitrogens with one attached hydrogen (secondary N) is 2. The molecule has 0 aromatic heterocycles. The molecule has 0 aliphatic heterocycles. The van der Waals surface area contributed by atoms with E-state index in [0.29, 0.717) is 12.4 Å². The van der Waals surface area contributed by atoms with Crippen molar-refractivity contribution in [3.63, 3.8) is 0 Å². The lowest BCUT2D eigenvalue weighted by Crippen LogP contribution is -2.44. The summed E-state index contributed by atoms with van der Waals surface area (Å²) in [6.45, 7) is 3.45. The Labute approximate surface area is 164 Å². The topological polar surface area (TPSA) is 93.7 Å². The number of hydrogen-bond donors (Lipinski definition) is 2. The molecule has 1 atom stereocenters. The van der Waals surface area contributed by atoms with Crippen LogP contribution in [0.2, 0.25) is 0 Å². The van der Waals surface area contributed by atoms with Crippen LogP contribution in [0.5, 0.6) is 5.75 Å². The minimum atomic E-state index is -0.711. The van der Waals surface area contributed by atoms with Gasteiger partial charge in [-0.3, -0.25) is 10.1 Å². The fraction of sp³-hybridized carbons (Fsp3) is 0.286. The largest absolute Gasteiger partial charge is 0.488 e. The van der Waals surface area contributed by atoms with Gasteiger partial charge in [-0.15, -0.1) is 0 Å². The summed E-state index contributed by atoms with van der Waals surface area (Å²) in [4.78, 5) is 35.7. The molecule has 0 saturated heterocycles. The summed E-state index contributed by atoms with van der Waals surface area (Å²) in [6, 6.07) is 15.5. The van der Waals surface area contributed by atoms with Crippen LogP contribution < -0.4 is 15.4 Å². The molecule has 0 saturated carbocycles. The van der Waals surface area contributed by atoms with E-state index in [1.165, 1.54) is 0 Å². The molecule has 2 aromatic carbocycles. The number of benzene rings is 2. The van der Waals surface area contributed by atoms with E-state index in [0.717, 1.165) is 12.0 Å². The van der Waals surface area contributed by atoms with Crippen LogP contribution in [0.1, 0.15) is 36.2 Å². The number of urea groups is 1. The average Bonchev–Trinajstić information content (AvgIpc) is 2.71. The first-order chi connectivity index (χ1) is 13.5. The second-order valence-corrected chi connectivity index (χ2v) is 6.18. The molecule has 0 unspecified atom stereocenters. The first-order valence-corrected chi connectivity index (χ1v) is 9.02. The van der Waals surface area contributed by atoms with E-state index in [2.05, 4.69) is 10.6 Å². The van der Waals surface area contributed by atoms with Gasteiger partial charge in [-0.1, -0.05) is 49.4 Å². The highest BCUT2D eigenvalue weighted by molar-refractivity contribution is 5.97. The van der Waals surface area contributed by atoms with Crippen molar-refractivity contribution in [1.82, 2.24) is 10.6 Å². The summed E-state index contributed by atoms with van der Waals surface area (Å²) in [7, 11) is 0. The van der Waals surface area contributed by atoms with Crippen molar-refractivity contribution in [2.45, 2.75) is 32.9 Å². The van der Waals surface area contributed by atoms with Crippen LogP contribution in [0, 0.1) is 0 Å². The zero-order valence-corrected chi connectivity index (χ0v) is 15.9. The van der Waals surface area contributed by atoms with Gasteiger partial charge in [-0.25, -0.2) is 9.59 Å². The maximum absolute atomic E-state index is 12.3. The number of esters is 1. The molecule has 0 fully saturated rings. The third-order valence-corrected chi connectivity index (χ3v) is 3.92. The minimum absolute atomic E-state index is 0.0657. The number of carbonyl (C=O) groups excluding carboxylic acids is 3. The number of rotatable bonds is 8. The van der Waals surface area contributed by atoms with Crippen molar-refractivity contribution in [2.24, 2.45) is 0 Å². The normalized spacial score (nSPS) is 11.2. The highest BCUT2D eigenvalue weighted by Gasteiger charge is 2.16. The summed E-state index contributed by atoms with van der Waals surface area (Å²) in [5, 5.41) is 4.71. The quantitative estimate of drug-likeness (QED) is 0.682. The van der Waals surface area contributed by atoms with Gasteiger partial charge in [0.25, 0.3) is 5.91 Å². The lowest BCUT2D eigenvalue weighted by Gasteiger charge is -2.13. The predicted molar refractivity (Wildman–Crippen MR) is 104 cm³/mol. The van der Waals surface area contributed by atoms with Crippen molar-refractivity contribution >= 4 is 17.9 Å². The maximum atomic E-state index is 12.3. The number of amides is 3. The Hall–Kier alpha value is -3.35. The third-order valence-electron chi connectivity index (χ3n) is 3.92. The van der Waals surface area contributed by atoms with E-state index in [1.54, 1.807) is 24.3 Å². The minimum Gasteiger partial charge on any atom is -0.488 e. The molecular weight excluding hydrogens is 360 g/mol. The molecule has 7 heteroatoms. The molecule has 0 aliphatic rings. The van der Waals surface area contributed by atoms with Crippen molar-refractivity contribution in [2.75, 3.05) is 6.61 Å². The van der Waals surface area contributed by atoms with E-state index in [4.69, 9.17) is 9.47 Å². The third kappa shape index (κ3) is 6.75. The van der Waals surface area contributed by atoms with Crippen LogP contribution >= 0.6 is 0 Å². The Kier molecular flexibility index (Phi) is 8.02. The van der Waals surface area contributed by atoms with Gasteiger partial charge in [-0.2, -0.15) is 0 Å². The first kappa shape index (κ1) is 21.0. The summed E-state index contributed by atoms with van der Waals surface area (Å²) in [6.07, 6.45) is 0.733. The Morgan fingerprint density at radius 3 is 2.39 bits per heavy atom. The Morgan fingerprint density at radius 1 is 1.00 bits per heavy atom. The van der Waals surface area contributed by atoms with Crippen LogP contribution in [-0.4, -0.2) is 30.6 Å². The van der Waals surface area contributed by atoms with Gasteiger partial charge in [-0.05, 0) is 31.0 Å². The lowest BCUT2D eigenvalue weighted by molar-refractivity contribution is -0.123. The van der Waals surface area contributed by atoms with E-state index < -0.39 is 24.5 Å². The van der Waals surface area contributed by atoms with Gasteiger partial charge in [0.2, 0.25) is 0 Å². The van der Waals surface area contributed by atoms with Gasteiger partial charge in [0.15, 0.2) is 6.61 Å². The second kappa shape index (κ2) is 10.7. The van der Waals surface area contributed by atoms with Gasteiger partial charge >= 0.3 is 12.0 Å². The van der Waals surface area contributed by atoms with Crippen LogP contribution in [0.4, 0.5) is 4.79 Å². The highest BCUT2D eigenvalue weighted by atomic mass is 16.5. The monoisotopic (exact) mass is 384 g/mol. The number of carbonyl (C=O) groups is 3. The standard InChI is InChI=1S/C21H24N2O5/c1-3-15(2)22-21(26)23-19(24)14-28-20(25)17-11-7-8-12-18(17)27-13-16-9-5-4-6-10-16/h4-12,15H,3,13-14H2,1-2H3,(H2,22,23,24,26)/t15-/m0/s1. The Bertz CT molecular complexity index is 807. The fourth-order valence-electron chi connectivity index (χ4n) is 2.23. The zero-order valence-electron chi connectivity index (χ0n) is 15.9. The van der Waals surface area contributed by atoms with E-state index in [9.17, 15) is 14.4 Å². The predicted octanol–water partition coefficient (Wildman–Crippen LogP) is 3.05. The van der Waals surface area contributed by atoms with Crippen molar-refractivity contribution < 1.29 is 23.9 Å². The molecule has 7 nitrogen and oxygen atoms in total. The van der Waals surface area contributed by atoms with Gasteiger partial charge < -0.3 is 14.8 Å². The molecule has 2 rings (SSSR count). The van der Waals surface area contributed by atoms with Gasteiger partial charge in [0, 0.05) is 6.04 Å². The zero-order chi connectivity index (χ0) is 20.4. The molecule has 3 amide bonds. The molecule has 0 spiro atoms. The molecule has 0 bridgehead atoms. The van der Waals surface area contributed by atoms with Crippen LogP contribution in [-0.2, 0) is 16.1 Å². The Balaban J connectivity index is 1.88. The van der Waals surface area contributed by atoms with Gasteiger partial charge in [0.1, 0.15) is 17.9 Å². The molecule has 0 heterocycles. The molecule has 148 valence electrons. The summed E-state index contributed by atoms with van der Waals surface area (Å²) < 4.78 is 10.7. The SMILES string of the molecule is CC[C@H](C)NC(=O)NC(=O)COC(=O)c1ccccc1OCc1ccccc1. The first-order valence-electron chi connectivity index (χ1n) is 9.02. The average molecular weight is 384 g/mol. The number of hydrogen-bond acceptors (Lipinski definition) is 5. The number of imide groups is 1. The van der Waals surface area contributed by atoms with Gasteiger partial charge in [0.05, 0.1) is 0 Å². The second-order valence-electron chi connectivity index (χ2n) is 6.18. The summed E-state index contributed by atoms with van der Waals surface area (Å²) >= 11 is 0. The van der Waals surface area contributed by atoms with Crippen molar-refractivity contribution in [3.8, 4) is 5.75 Å². The van der Waals surface area contributed by atoms with Crippen LogP contribution in [0.15, 0.2) is 54.6 Å². The Morgan fingerprint density at radius 2 is 1.68 bits per heavy atom. The summed E-state index contributed by atoms with van der Waals surface area (Å²) in [5.41, 5.74) is 1.16. The smallest absolute Gasteiger partial charge is 0.342 e. The molecule has 2 N–H and O–H groups in total. The van der Waals surface area contributed by atoms with Crippen LogP contribution in [0.3, 0.4) is 0 Å². The van der Waals surface area contributed by atoms with E-state index >= 15 is 0 Å². The van der Waals surface area contributed by atoms with Crippen LogP contribution in [0.25, 0.3) is 0 Å². The molecule has 2 aromatic rings. The molecular formula is C21H24N2O5.